The molecule has 2 nitrogen and oxygen atoms in total. The number of rotatable bonds is 5. The summed E-state index contributed by atoms with van der Waals surface area (Å²) in [6.07, 6.45) is 13.6. The first-order valence-electron chi connectivity index (χ1n) is 12.6. The molecule has 0 heterocycles. The van der Waals surface area contributed by atoms with Crippen LogP contribution < -0.4 is 0 Å². The molecule has 1 N–H and O–H groups in total. The van der Waals surface area contributed by atoms with E-state index >= 15 is 0 Å². The van der Waals surface area contributed by atoms with Gasteiger partial charge in [-0.15, -0.1) is 0 Å². The van der Waals surface area contributed by atoms with Gasteiger partial charge >= 0.3 is 0 Å². The van der Waals surface area contributed by atoms with E-state index in [-0.39, 0.29) is 17.4 Å². The molecule has 2 heteroatoms. The van der Waals surface area contributed by atoms with E-state index in [9.17, 15) is 9.90 Å². The van der Waals surface area contributed by atoms with E-state index in [1.807, 2.05) is 6.08 Å². The molecule has 29 heavy (non-hydrogen) atoms. The highest BCUT2D eigenvalue weighted by atomic mass is 16.3. The van der Waals surface area contributed by atoms with Crippen LogP contribution >= 0.6 is 0 Å². The highest BCUT2D eigenvalue weighted by Crippen LogP contribution is 2.66. The molecular weight excluding hydrogens is 356 g/mol. The van der Waals surface area contributed by atoms with Crippen LogP contribution in [0.4, 0.5) is 0 Å². The van der Waals surface area contributed by atoms with Crippen LogP contribution in [0.3, 0.4) is 0 Å². The monoisotopic (exact) mass is 400 g/mol. The average molecular weight is 401 g/mol. The Hall–Kier alpha value is -0.630. The number of aliphatic hydroxyl groups is 1. The fourth-order valence-electron chi connectivity index (χ4n) is 8.41. The van der Waals surface area contributed by atoms with Crippen molar-refractivity contribution >= 4 is 5.78 Å². The smallest absolute Gasteiger partial charge is 0.159 e. The molecule has 4 rings (SSSR count). The number of carbonyl (C=O) groups excluding carboxylic acids is 1. The first kappa shape index (κ1) is 21.6. The molecule has 0 bridgehead atoms. The van der Waals surface area contributed by atoms with Crippen molar-refractivity contribution < 1.29 is 9.90 Å². The molecule has 0 aromatic rings. The maximum Gasteiger partial charge on any atom is 0.159 e. The second-order valence-corrected chi connectivity index (χ2v) is 12.2. The molecule has 8 atom stereocenters. The number of allylic oxidation sites excluding steroid dienone is 1. The van der Waals surface area contributed by atoms with E-state index in [0.29, 0.717) is 23.0 Å². The van der Waals surface area contributed by atoms with Gasteiger partial charge < -0.3 is 5.11 Å². The van der Waals surface area contributed by atoms with Gasteiger partial charge in [0.05, 0.1) is 6.10 Å². The predicted octanol–water partition coefficient (Wildman–Crippen LogP) is 6.57. The number of ketones is 1. The van der Waals surface area contributed by atoms with Crippen LogP contribution in [0, 0.1) is 46.3 Å². The number of hydrogen-bond acceptors (Lipinski definition) is 2. The molecule has 164 valence electrons. The molecule has 4 aliphatic rings. The molecule has 0 saturated heterocycles. The number of carbonyl (C=O) groups is 1. The van der Waals surface area contributed by atoms with Crippen LogP contribution in [-0.4, -0.2) is 17.0 Å². The normalized spacial score (nSPS) is 45.4. The molecular formula is C27H44O2. The molecule has 0 aromatic heterocycles. The third-order valence-electron chi connectivity index (χ3n) is 10.1. The fraction of sp³-hybridized carbons (Fsp3) is 0.889. The SMILES string of the molecule is CC(C)CCCC(C)C1CCC2C3C(=O)C=C4CC(O)CCC4(C)C3CC[C@]12C. The van der Waals surface area contributed by atoms with Crippen LogP contribution in [-0.2, 0) is 4.79 Å². The van der Waals surface area contributed by atoms with Crippen LogP contribution in [0.1, 0.15) is 98.8 Å². The number of fused-ring (bicyclic) bond motifs is 5. The van der Waals surface area contributed by atoms with Gasteiger partial charge in [0.15, 0.2) is 5.78 Å². The first-order chi connectivity index (χ1) is 13.7. The second-order valence-electron chi connectivity index (χ2n) is 12.2. The summed E-state index contributed by atoms with van der Waals surface area (Å²) < 4.78 is 0. The fourth-order valence-corrected chi connectivity index (χ4v) is 8.41. The van der Waals surface area contributed by atoms with E-state index in [4.69, 9.17) is 0 Å². The van der Waals surface area contributed by atoms with Gasteiger partial charge in [-0.05, 0) is 91.4 Å². The van der Waals surface area contributed by atoms with Crippen molar-refractivity contribution in [3.8, 4) is 0 Å². The van der Waals surface area contributed by atoms with Crippen LogP contribution in [0.25, 0.3) is 0 Å². The summed E-state index contributed by atoms with van der Waals surface area (Å²) in [6, 6.07) is 0. The zero-order valence-corrected chi connectivity index (χ0v) is 19.5. The van der Waals surface area contributed by atoms with Crippen molar-refractivity contribution in [3.05, 3.63) is 11.6 Å². The third-order valence-corrected chi connectivity index (χ3v) is 10.1. The van der Waals surface area contributed by atoms with Gasteiger partial charge in [-0.2, -0.15) is 0 Å². The Morgan fingerprint density at radius 3 is 2.52 bits per heavy atom. The second kappa shape index (κ2) is 7.81. The van der Waals surface area contributed by atoms with Crippen LogP contribution in [0.5, 0.6) is 0 Å². The van der Waals surface area contributed by atoms with Crippen molar-refractivity contribution in [2.24, 2.45) is 46.3 Å². The Bertz CT molecular complexity index is 663. The molecule has 3 fully saturated rings. The Morgan fingerprint density at radius 1 is 1.03 bits per heavy atom. The molecule has 7 unspecified atom stereocenters. The van der Waals surface area contributed by atoms with E-state index in [1.165, 1.54) is 50.5 Å². The molecule has 0 aliphatic heterocycles. The van der Waals surface area contributed by atoms with Gasteiger partial charge in [0, 0.05) is 5.92 Å². The lowest BCUT2D eigenvalue weighted by atomic mass is 9.46. The number of aliphatic hydroxyl groups excluding tert-OH is 1. The summed E-state index contributed by atoms with van der Waals surface area (Å²) in [6.45, 7) is 12.1. The standard InChI is InChI=1S/C27H44O2/c1-17(2)7-6-8-18(3)21-9-10-22-25-23(12-14-27(21,22)5)26(4)13-11-20(28)15-19(26)16-24(25)29/h16-18,20-23,25,28H,6-15H2,1-5H3/t18?,20?,21?,22?,23?,25?,26?,27-/m1/s1. The molecule has 0 spiro atoms. The van der Waals surface area contributed by atoms with Crippen LogP contribution in [0.15, 0.2) is 11.6 Å². The predicted molar refractivity (Wildman–Crippen MR) is 119 cm³/mol. The first-order valence-corrected chi connectivity index (χ1v) is 12.6. The van der Waals surface area contributed by atoms with E-state index in [2.05, 4.69) is 34.6 Å². The molecule has 0 radical (unpaired) electrons. The van der Waals surface area contributed by atoms with Crippen molar-refractivity contribution in [1.82, 2.24) is 0 Å². The van der Waals surface area contributed by atoms with Gasteiger partial charge in [-0.3, -0.25) is 4.79 Å². The van der Waals surface area contributed by atoms with Gasteiger partial charge in [-0.25, -0.2) is 0 Å². The van der Waals surface area contributed by atoms with Gasteiger partial charge in [-0.1, -0.05) is 59.5 Å². The van der Waals surface area contributed by atoms with Crippen molar-refractivity contribution in [1.29, 1.82) is 0 Å². The highest BCUT2D eigenvalue weighted by molar-refractivity contribution is 5.94. The zero-order chi connectivity index (χ0) is 21.0. The Balaban J connectivity index is 1.54. The van der Waals surface area contributed by atoms with Crippen molar-refractivity contribution in [2.45, 2.75) is 105 Å². The minimum absolute atomic E-state index is 0.153. The van der Waals surface area contributed by atoms with Gasteiger partial charge in [0.1, 0.15) is 0 Å². The minimum Gasteiger partial charge on any atom is -0.393 e. The lowest BCUT2D eigenvalue weighted by molar-refractivity contribution is -0.135. The zero-order valence-electron chi connectivity index (χ0n) is 19.5. The topological polar surface area (TPSA) is 37.3 Å². The molecule has 4 aliphatic carbocycles. The molecule has 3 saturated carbocycles. The molecule has 0 amide bonds. The summed E-state index contributed by atoms with van der Waals surface area (Å²) >= 11 is 0. The summed E-state index contributed by atoms with van der Waals surface area (Å²) in [7, 11) is 0. The summed E-state index contributed by atoms with van der Waals surface area (Å²) in [4.78, 5) is 13.4. The maximum atomic E-state index is 13.4. The summed E-state index contributed by atoms with van der Waals surface area (Å²) in [5.41, 5.74) is 1.77. The lowest BCUT2D eigenvalue weighted by Gasteiger charge is -2.57. The van der Waals surface area contributed by atoms with E-state index < -0.39 is 0 Å². The minimum atomic E-state index is -0.241. The van der Waals surface area contributed by atoms with Crippen LogP contribution in [0.2, 0.25) is 0 Å². The molecule has 0 aromatic carbocycles. The average Bonchev–Trinajstić information content (AvgIpc) is 3.00. The number of hydrogen-bond donors (Lipinski definition) is 1. The van der Waals surface area contributed by atoms with Gasteiger partial charge in [0.2, 0.25) is 0 Å². The van der Waals surface area contributed by atoms with Crippen molar-refractivity contribution in [2.75, 3.05) is 0 Å². The van der Waals surface area contributed by atoms with E-state index in [1.54, 1.807) is 0 Å². The lowest BCUT2D eigenvalue weighted by Crippen LogP contribution is -2.53. The summed E-state index contributed by atoms with van der Waals surface area (Å²) in [5, 5.41) is 10.2. The van der Waals surface area contributed by atoms with E-state index in [0.717, 1.165) is 37.0 Å². The quantitative estimate of drug-likeness (QED) is 0.567. The summed E-state index contributed by atoms with van der Waals surface area (Å²) in [5.74, 6) is 4.11. The largest absolute Gasteiger partial charge is 0.393 e. The van der Waals surface area contributed by atoms with Gasteiger partial charge in [0.25, 0.3) is 0 Å². The Kier molecular flexibility index (Phi) is 5.82. The highest BCUT2D eigenvalue weighted by Gasteiger charge is 2.61. The third kappa shape index (κ3) is 3.56. The maximum absolute atomic E-state index is 13.4. The Labute approximate surface area is 178 Å². The Morgan fingerprint density at radius 2 is 1.79 bits per heavy atom. The van der Waals surface area contributed by atoms with Crippen molar-refractivity contribution in [3.63, 3.8) is 0 Å².